The van der Waals surface area contributed by atoms with Gasteiger partial charge in [-0.05, 0) is 49.4 Å². The molecule has 0 fully saturated rings. The van der Waals surface area contributed by atoms with Crippen molar-refractivity contribution in [2.24, 2.45) is 23.7 Å². The van der Waals surface area contributed by atoms with Gasteiger partial charge in [-0.15, -0.1) is 0 Å². The van der Waals surface area contributed by atoms with Crippen molar-refractivity contribution in [3.8, 4) is 0 Å². The number of phosphoric acid groups is 2. The first-order valence-corrected chi connectivity index (χ1v) is 38.2. The molecule has 3 N–H and O–H groups in total. The largest absolute Gasteiger partial charge is 0.472 e. The van der Waals surface area contributed by atoms with E-state index in [0.29, 0.717) is 37.5 Å². The summed E-state index contributed by atoms with van der Waals surface area (Å²) in [7, 11) is -9.90. The number of carbonyl (C=O) groups excluding carboxylic acids is 4. The topological polar surface area (TPSA) is 237 Å². The third-order valence-electron chi connectivity index (χ3n) is 15.6. The van der Waals surface area contributed by atoms with Gasteiger partial charge in [0.05, 0.1) is 26.4 Å². The lowest BCUT2D eigenvalue weighted by atomic mass is 10.0. The molecule has 0 rings (SSSR count). The van der Waals surface area contributed by atoms with Gasteiger partial charge in [0.15, 0.2) is 12.2 Å². The lowest BCUT2D eigenvalue weighted by Gasteiger charge is -2.21. The minimum atomic E-state index is -4.95. The van der Waals surface area contributed by atoms with Crippen molar-refractivity contribution in [3.63, 3.8) is 0 Å². The Morgan fingerprint density at radius 2 is 0.483 bits per heavy atom. The Bertz CT molecular complexity index is 1730. The summed E-state index contributed by atoms with van der Waals surface area (Å²) in [6.07, 6.45) is 39.1. The second kappa shape index (κ2) is 57.9. The monoisotopic (exact) mass is 1280 g/mol. The van der Waals surface area contributed by atoms with Crippen molar-refractivity contribution in [1.29, 1.82) is 0 Å². The van der Waals surface area contributed by atoms with Gasteiger partial charge in [0, 0.05) is 25.7 Å². The number of phosphoric ester groups is 2. The molecular formula is C68H132O17P2. The Labute approximate surface area is 530 Å². The molecule has 0 bridgehead atoms. The molecule has 17 nitrogen and oxygen atoms in total. The summed E-state index contributed by atoms with van der Waals surface area (Å²) in [6, 6.07) is 0. The second-order valence-electron chi connectivity index (χ2n) is 26.5. The zero-order valence-electron chi connectivity index (χ0n) is 56.6. The molecule has 0 saturated carbocycles. The summed E-state index contributed by atoms with van der Waals surface area (Å²) in [5.74, 6) is 0.779. The molecule has 2 unspecified atom stereocenters. The van der Waals surface area contributed by atoms with Crippen LogP contribution in [-0.2, 0) is 65.4 Å². The number of aliphatic hydroxyl groups is 1. The maximum absolute atomic E-state index is 13.0. The van der Waals surface area contributed by atoms with Gasteiger partial charge in [0.1, 0.15) is 19.3 Å². The number of esters is 4. The number of hydrogen-bond donors (Lipinski definition) is 3. The number of aliphatic hydroxyl groups excluding tert-OH is 1. The van der Waals surface area contributed by atoms with Crippen LogP contribution in [0.15, 0.2) is 0 Å². The first-order chi connectivity index (χ1) is 41.6. The Hall–Kier alpha value is -1.94. The Morgan fingerprint density at radius 1 is 0.287 bits per heavy atom. The summed E-state index contributed by atoms with van der Waals surface area (Å²) in [6.45, 7) is 14.0. The molecule has 516 valence electrons. The predicted octanol–water partition coefficient (Wildman–Crippen LogP) is 18.9. The molecule has 0 aromatic rings. The number of carbonyl (C=O) groups is 4. The Kier molecular flexibility index (Phi) is 56.6. The number of rotatable bonds is 65. The van der Waals surface area contributed by atoms with Crippen molar-refractivity contribution in [2.75, 3.05) is 39.6 Å². The van der Waals surface area contributed by atoms with Crippen molar-refractivity contribution in [1.82, 2.24) is 0 Å². The van der Waals surface area contributed by atoms with E-state index in [4.69, 9.17) is 37.0 Å². The van der Waals surface area contributed by atoms with Gasteiger partial charge in [-0.3, -0.25) is 37.3 Å². The lowest BCUT2D eigenvalue weighted by molar-refractivity contribution is -0.161. The van der Waals surface area contributed by atoms with Gasteiger partial charge in [0.25, 0.3) is 0 Å². The fraction of sp³-hybridized carbons (Fsp3) is 0.941. The van der Waals surface area contributed by atoms with Crippen molar-refractivity contribution < 1.29 is 80.2 Å². The molecular weight excluding hydrogens is 1150 g/mol. The summed E-state index contributed by atoms with van der Waals surface area (Å²) in [5.41, 5.74) is 0. The molecule has 19 heteroatoms. The van der Waals surface area contributed by atoms with Gasteiger partial charge < -0.3 is 33.8 Å². The highest BCUT2D eigenvalue weighted by Gasteiger charge is 2.30. The van der Waals surface area contributed by atoms with Crippen LogP contribution in [0, 0.1) is 23.7 Å². The lowest BCUT2D eigenvalue weighted by Crippen LogP contribution is -2.30. The van der Waals surface area contributed by atoms with E-state index in [1.165, 1.54) is 122 Å². The second-order valence-corrected chi connectivity index (χ2v) is 29.4. The van der Waals surface area contributed by atoms with Gasteiger partial charge in [-0.1, -0.05) is 280 Å². The van der Waals surface area contributed by atoms with Crippen LogP contribution in [-0.4, -0.2) is 96.7 Å². The summed E-state index contributed by atoms with van der Waals surface area (Å²) >= 11 is 0. The van der Waals surface area contributed by atoms with E-state index < -0.39 is 97.5 Å². The van der Waals surface area contributed by atoms with Crippen molar-refractivity contribution >= 4 is 39.5 Å². The Balaban J connectivity index is 5.24. The highest BCUT2D eigenvalue weighted by molar-refractivity contribution is 7.47. The smallest absolute Gasteiger partial charge is 0.462 e. The zero-order valence-corrected chi connectivity index (χ0v) is 58.4. The average molecular weight is 1280 g/mol. The first kappa shape index (κ1) is 85.1. The molecule has 0 aromatic carbocycles. The van der Waals surface area contributed by atoms with Crippen LogP contribution < -0.4 is 0 Å². The normalized spacial score (nSPS) is 14.3. The molecule has 0 aromatic heterocycles. The number of ether oxygens (including phenoxy) is 4. The van der Waals surface area contributed by atoms with Crippen molar-refractivity contribution in [2.45, 2.75) is 350 Å². The summed E-state index contributed by atoms with van der Waals surface area (Å²) in [5, 5.41) is 10.6. The highest BCUT2D eigenvalue weighted by Crippen LogP contribution is 2.45. The predicted molar refractivity (Wildman–Crippen MR) is 349 cm³/mol. The maximum atomic E-state index is 13.0. The van der Waals surface area contributed by atoms with Gasteiger partial charge in [-0.2, -0.15) is 0 Å². The zero-order chi connectivity index (χ0) is 64.7. The average Bonchev–Trinajstić information content (AvgIpc) is 3.68. The molecule has 0 aliphatic carbocycles. The Morgan fingerprint density at radius 3 is 0.713 bits per heavy atom. The molecule has 0 spiro atoms. The molecule has 0 aliphatic heterocycles. The van der Waals surface area contributed by atoms with Crippen LogP contribution in [0.3, 0.4) is 0 Å². The molecule has 0 amide bonds. The van der Waals surface area contributed by atoms with Gasteiger partial charge in [-0.25, -0.2) is 9.13 Å². The molecule has 0 radical (unpaired) electrons. The van der Waals surface area contributed by atoms with Crippen LogP contribution >= 0.6 is 15.6 Å². The van der Waals surface area contributed by atoms with E-state index in [0.717, 1.165) is 115 Å². The summed E-state index contributed by atoms with van der Waals surface area (Å²) in [4.78, 5) is 72.4. The number of hydrogen-bond acceptors (Lipinski definition) is 15. The van der Waals surface area contributed by atoms with E-state index >= 15 is 0 Å². The fourth-order valence-electron chi connectivity index (χ4n) is 10.1. The van der Waals surface area contributed by atoms with Gasteiger partial charge >= 0.3 is 39.5 Å². The van der Waals surface area contributed by atoms with Crippen LogP contribution in [0.1, 0.15) is 331 Å². The fourth-order valence-corrected chi connectivity index (χ4v) is 11.7. The molecule has 87 heavy (non-hydrogen) atoms. The standard InChI is InChI=1S/C68H132O17P2/c1-58(2)44-36-28-20-15-11-9-10-12-17-23-34-42-50-67(72)84-63(54-78-65(70)48-40-32-25-19-22-30-38-46-60(5)6)56-82-86(74,75)80-52-62(69)53-81-87(76,77)83-57-64(55-79-66(71)49-41-33-27-26-31-39-47-61(7)8)85-68(73)51-43-35-24-18-14-13-16-21-29-37-45-59(3)4/h58-64,69H,9-57H2,1-8H3,(H,74,75)(H,76,77)/t62-,63-,64-/m1/s1. The SMILES string of the molecule is CC(C)CCCCCCCCCCCCCCC(=O)O[C@H](COC(=O)CCCCCCCCCC(C)C)COP(=O)(O)OC[C@@H](O)COP(=O)(O)OC[C@@H](COC(=O)CCCCCCCCC(C)C)OC(=O)CCCCCCCCCCCCC(C)C. The quantitative estimate of drug-likeness (QED) is 0.0222. The minimum absolute atomic E-state index is 0.104. The van der Waals surface area contributed by atoms with Gasteiger partial charge in [0.2, 0.25) is 0 Å². The van der Waals surface area contributed by atoms with Crippen LogP contribution in [0.4, 0.5) is 0 Å². The number of unbranched alkanes of at least 4 members (excludes halogenated alkanes) is 31. The molecule has 0 aliphatic rings. The van der Waals surface area contributed by atoms with Crippen LogP contribution in [0.25, 0.3) is 0 Å². The maximum Gasteiger partial charge on any atom is 0.472 e. The first-order valence-electron chi connectivity index (χ1n) is 35.2. The van der Waals surface area contributed by atoms with E-state index in [9.17, 15) is 43.2 Å². The van der Waals surface area contributed by atoms with Crippen LogP contribution in [0.5, 0.6) is 0 Å². The third kappa shape index (κ3) is 62.6. The van der Waals surface area contributed by atoms with Crippen molar-refractivity contribution in [3.05, 3.63) is 0 Å². The van der Waals surface area contributed by atoms with E-state index in [1.54, 1.807) is 0 Å². The molecule has 0 saturated heterocycles. The van der Waals surface area contributed by atoms with Crippen LogP contribution in [0.2, 0.25) is 0 Å². The third-order valence-corrected chi connectivity index (χ3v) is 17.5. The summed E-state index contributed by atoms with van der Waals surface area (Å²) < 4.78 is 68.2. The van der Waals surface area contributed by atoms with E-state index in [-0.39, 0.29) is 25.7 Å². The molecule has 0 heterocycles. The van der Waals surface area contributed by atoms with E-state index in [1.807, 2.05) is 0 Å². The highest BCUT2D eigenvalue weighted by atomic mass is 31.2. The van der Waals surface area contributed by atoms with E-state index in [2.05, 4.69) is 55.4 Å². The molecule has 5 atom stereocenters. The minimum Gasteiger partial charge on any atom is -0.462 e.